The zero-order valence-electron chi connectivity index (χ0n) is 14.0. The summed E-state index contributed by atoms with van der Waals surface area (Å²) in [5, 5.41) is 8.32. The van der Waals surface area contributed by atoms with Gasteiger partial charge in [-0.3, -0.25) is 8.78 Å². The Kier molecular flexibility index (Phi) is 8.16. The minimum atomic E-state index is -0.990. The molecule has 1 N–H and O–H groups in total. The molecule has 0 amide bonds. The molecule has 0 atom stereocenters. The number of carboxylic acids is 1. The van der Waals surface area contributed by atoms with Gasteiger partial charge in [0.2, 0.25) is 0 Å². The van der Waals surface area contributed by atoms with E-state index in [1.54, 1.807) is 24.4 Å². The fraction of sp³-hybridized carbons (Fsp3) is 0.105. The van der Waals surface area contributed by atoms with Crippen molar-refractivity contribution in [3.63, 3.8) is 0 Å². The second-order valence-corrected chi connectivity index (χ2v) is 5.19. The number of hydrogen-bond donors (Lipinski definition) is 1. The number of aryl methyl sites for hydroxylation is 1. The summed E-state index contributed by atoms with van der Waals surface area (Å²) in [6.45, 7) is 3.29. The van der Waals surface area contributed by atoms with Gasteiger partial charge in [-0.1, -0.05) is 35.7 Å². The van der Waals surface area contributed by atoms with Crippen LogP contribution in [0.4, 0.5) is 8.78 Å². The van der Waals surface area contributed by atoms with Crippen molar-refractivity contribution in [1.29, 1.82) is 0 Å². The van der Waals surface area contributed by atoms with Crippen molar-refractivity contribution in [2.75, 3.05) is 0 Å². The number of halogens is 2. The van der Waals surface area contributed by atoms with Gasteiger partial charge in [0, 0.05) is 44.1 Å². The number of hydrogen-bond acceptors (Lipinski definition) is 3. The molecule has 0 bridgehead atoms. The van der Waals surface area contributed by atoms with Gasteiger partial charge in [-0.05, 0) is 30.8 Å². The summed E-state index contributed by atoms with van der Waals surface area (Å²) in [5.41, 5.74) is 1.73. The van der Waals surface area contributed by atoms with Crippen LogP contribution in [0.3, 0.4) is 0 Å². The van der Waals surface area contributed by atoms with Gasteiger partial charge in [0.05, 0.1) is 0 Å². The maximum Gasteiger partial charge on any atom is 0.354 e. The van der Waals surface area contributed by atoms with Crippen molar-refractivity contribution in [2.24, 2.45) is 0 Å². The molecule has 0 aliphatic rings. The molecule has 137 valence electrons. The second kappa shape index (κ2) is 9.85. The van der Waals surface area contributed by atoms with E-state index in [1.165, 1.54) is 19.2 Å². The minimum Gasteiger partial charge on any atom is -0.477 e. The van der Waals surface area contributed by atoms with Gasteiger partial charge in [0.1, 0.15) is 5.69 Å². The summed E-state index contributed by atoms with van der Waals surface area (Å²) in [5.74, 6) is -2.18. The zero-order valence-corrected chi connectivity index (χ0v) is 16.4. The standard InChI is InChI=1S/C13H10F2N.C6H5NO2.Ir/c1-8-5-6-16-12(7-8)10-3-4-11(14)9(2)13(10)15;8-6(9)5-3-1-2-4-7-5;/h4-7H,1-2H3;1-4H,(H,8,9);/q-1;;. The smallest absolute Gasteiger partial charge is 0.354 e. The number of aromatic carboxylic acids is 1. The van der Waals surface area contributed by atoms with Gasteiger partial charge in [0.25, 0.3) is 0 Å². The van der Waals surface area contributed by atoms with Crippen LogP contribution in [0.5, 0.6) is 0 Å². The molecule has 0 aliphatic heterocycles. The first kappa shape index (κ1) is 21.5. The molecule has 2 aromatic heterocycles. The van der Waals surface area contributed by atoms with Gasteiger partial charge in [-0.15, -0.1) is 12.1 Å². The van der Waals surface area contributed by atoms with E-state index in [4.69, 9.17) is 5.11 Å². The van der Waals surface area contributed by atoms with Crippen LogP contribution < -0.4 is 0 Å². The van der Waals surface area contributed by atoms with Crippen molar-refractivity contribution in [2.45, 2.75) is 13.8 Å². The Labute approximate surface area is 163 Å². The van der Waals surface area contributed by atoms with Gasteiger partial charge < -0.3 is 10.1 Å². The molecule has 2 heterocycles. The van der Waals surface area contributed by atoms with Crippen LogP contribution in [-0.4, -0.2) is 21.0 Å². The topological polar surface area (TPSA) is 63.1 Å². The fourth-order valence-corrected chi connectivity index (χ4v) is 1.95. The van der Waals surface area contributed by atoms with E-state index in [9.17, 15) is 13.6 Å². The van der Waals surface area contributed by atoms with E-state index in [-0.39, 0.29) is 36.9 Å². The summed E-state index contributed by atoms with van der Waals surface area (Å²) in [4.78, 5) is 17.8. The fourth-order valence-electron chi connectivity index (χ4n) is 1.95. The van der Waals surface area contributed by atoms with Crippen LogP contribution in [-0.2, 0) is 20.1 Å². The quantitative estimate of drug-likeness (QED) is 0.502. The Bertz CT molecular complexity index is 890. The molecule has 3 aromatic rings. The van der Waals surface area contributed by atoms with Crippen molar-refractivity contribution in [1.82, 2.24) is 9.97 Å². The van der Waals surface area contributed by atoms with Crippen LogP contribution in [0.1, 0.15) is 21.6 Å². The van der Waals surface area contributed by atoms with Crippen molar-refractivity contribution >= 4 is 5.97 Å². The number of pyridine rings is 2. The molecule has 0 aliphatic carbocycles. The van der Waals surface area contributed by atoms with E-state index in [2.05, 4.69) is 16.0 Å². The van der Waals surface area contributed by atoms with Crippen LogP contribution in [0, 0.1) is 31.5 Å². The summed E-state index contributed by atoms with van der Waals surface area (Å²) in [6.07, 6.45) is 3.04. The number of benzene rings is 1. The van der Waals surface area contributed by atoms with Gasteiger partial charge in [0.15, 0.2) is 0 Å². The Morgan fingerprint density at radius 2 is 1.85 bits per heavy atom. The molecule has 26 heavy (non-hydrogen) atoms. The third-order valence-electron chi connectivity index (χ3n) is 3.31. The molecule has 0 saturated carbocycles. The first-order chi connectivity index (χ1) is 11.9. The van der Waals surface area contributed by atoms with Crippen molar-refractivity contribution in [3.8, 4) is 11.3 Å². The Hall–Kier alpha value is -2.50. The molecule has 0 fully saturated rings. The van der Waals surface area contributed by atoms with Crippen LogP contribution >= 0.6 is 0 Å². The monoisotopic (exact) mass is 534 g/mol. The second-order valence-electron chi connectivity index (χ2n) is 5.19. The molecule has 1 aromatic carbocycles. The van der Waals surface area contributed by atoms with Gasteiger partial charge in [-0.2, -0.15) is 0 Å². The molecular weight excluding hydrogens is 518 g/mol. The molecule has 0 spiro atoms. The van der Waals surface area contributed by atoms with E-state index in [0.29, 0.717) is 5.69 Å². The minimum absolute atomic E-state index is 0. The average molecular weight is 534 g/mol. The van der Waals surface area contributed by atoms with Crippen molar-refractivity contribution in [3.05, 3.63) is 83.3 Å². The Morgan fingerprint density at radius 1 is 1.12 bits per heavy atom. The van der Waals surface area contributed by atoms with Gasteiger partial charge >= 0.3 is 5.97 Å². The Morgan fingerprint density at radius 3 is 2.38 bits per heavy atom. The summed E-state index contributed by atoms with van der Waals surface area (Å²) < 4.78 is 26.8. The SMILES string of the molecule is Cc1ccnc(-c2[c-]cc(F)c(C)c2F)c1.O=C(O)c1ccccn1.[Ir]. The Balaban J connectivity index is 0.000000290. The number of nitrogens with zero attached hydrogens (tertiary/aromatic N) is 2. The third kappa shape index (κ3) is 5.51. The molecule has 1 radical (unpaired) electrons. The van der Waals surface area contributed by atoms with E-state index in [0.717, 1.165) is 11.6 Å². The predicted octanol–water partition coefficient (Wildman–Crippen LogP) is 4.22. The number of carbonyl (C=O) groups is 1. The van der Waals surface area contributed by atoms with E-state index >= 15 is 0 Å². The van der Waals surface area contributed by atoms with Crippen LogP contribution in [0.15, 0.2) is 48.8 Å². The van der Waals surface area contributed by atoms with Crippen LogP contribution in [0.25, 0.3) is 11.3 Å². The molecule has 0 saturated heterocycles. The van der Waals surface area contributed by atoms with Crippen LogP contribution in [0.2, 0.25) is 0 Å². The molecule has 3 rings (SSSR count). The average Bonchev–Trinajstić information content (AvgIpc) is 2.61. The summed E-state index contributed by atoms with van der Waals surface area (Å²) >= 11 is 0. The molecule has 0 unspecified atom stereocenters. The van der Waals surface area contributed by atoms with E-state index < -0.39 is 17.6 Å². The zero-order chi connectivity index (χ0) is 18.4. The first-order valence-corrected chi connectivity index (χ1v) is 7.33. The molecule has 7 heteroatoms. The van der Waals surface area contributed by atoms with Gasteiger partial charge in [-0.25, -0.2) is 9.78 Å². The number of aromatic nitrogens is 2. The maximum absolute atomic E-state index is 13.8. The summed E-state index contributed by atoms with van der Waals surface area (Å²) in [6, 6.07) is 12.0. The predicted molar refractivity (Wildman–Crippen MR) is 89.1 cm³/mol. The number of rotatable bonds is 2. The maximum atomic E-state index is 13.8. The normalized spacial score (nSPS) is 9.54. The van der Waals surface area contributed by atoms with Crippen molar-refractivity contribution < 1.29 is 38.8 Å². The molecular formula is C19H15F2IrN2O2-. The first-order valence-electron chi connectivity index (χ1n) is 7.33. The van der Waals surface area contributed by atoms with E-state index in [1.807, 2.05) is 13.0 Å². The molecule has 4 nitrogen and oxygen atoms in total. The number of carboxylic acid groups (broad SMARTS) is 1. The largest absolute Gasteiger partial charge is 0.477 e. The summed E-state index contributed by atoms with van der Waals surface area (Å²) in [7, 11) is 0. The third-order valence-corrected chi connectivity index (χ3v) is 3.31.